The van der Waals surface area contributed by atoms with Gasteiger partial charge in [-0.2, -0.15) is 0 Å². The van der Waals surface area contributed by atoms with Crippen molar-refractivity contribution >= 4 is 0 Å². The predicted molar refractivity (Wildman–Crippen MR) is 67.3 cm³/mol. The summed E-state index contributed by atoms with van der Waals surface area (Å²) in [4.78, 5) is 0. The highest BCUT2D eigenvalue weighted by atomic mass is 16.5. The van der Waals surface area contributed by atoms with E-state index in [9.17, 15) is 0 Å². The summed E-state index contributed by atoms with van der Waals surface area (Å²) in [6.07, 6.45) is 7.81. The molecule has 4 nitrogen and oxygen atoms in total. The van der Waals surface area contributed by atoms with Crippen LogP contribution in [0, 0.1) is 0 Å². The third kappa shape index (κ3) is 2.76. The van der Waals surface area contributed by atoms with Crippen molar-refractivity contribution < 1.29 is 13.9 Å². The molecule has 4 heteroatoms. The standard InChI is InChI=1S/C14H21NO3/c1-5-17-11-12(1)10-15-13-2-6-18-14(9-13)3-7-16-8-4-14/h1,5,11,13,15H,2-4,6-10H2. The van der Waals surface area contributed by atoms with E-state index < -0.39 is 0 Å². The molecule has 18 heavy (non-hydrogen) atoms. The van der Waals surface area contributed by atoms with Crippen LogP contribution in [-0.4, -0.2) is 31.5 Å². The summed E-state index contributed by atoms with van der Waals surface area (Å²) < 4.78 is 16.6. The highest BCUT2D eigenvalue weighted by Crippen LogP contribution is 2.34. The number of nitrogens with one attached hydrogen (secondary N) is 1. The van der Waals surface area contributed by atoms with Crippen LogP contribution in [0.1, 0.15) is 31.2 Å². The van der Waals surface area contributed by atoms with Crippen LogP contribution in [0.25, 0.3) is 0 Å². The quantitative estimate of drug-likeness (QED) is 0.893. The molecule has 3 rings (SSSR count). The minimum absolute atomic E-state index is 0.0740. The lowest BCUT2D eigenvalue weighted by Crippen LogP contribution is -2.49. The molecule has 0 bridgehead atoms. The van der Waals surface area contributed by atoms with Gasteiger partial charge in [-0.1, -0.05) is 0 Å². The lowest BCUT2D eigenvalue weighted by Gasteiger charge is -2.43. The van der Waals surface area contributed by atoms with Gasteiger partial charge in [0.25, 0.3) is 0 Å². The highest BCUT2D eigenvalue weighted by Gasteiger charge is 2.38. The molecule has 2 aliphatic rings. The van der Waals surface area contributed by atoms with Gasteiger partial charge in [0.05, 0.1) is 18.1 Å². The van der Waals surface area contributed by atoms with Crippen molar-refractivity contribution in [2.45, 2.75) is 43.9 Å². The number of ether oxygens (including phenoxy) is 2. The van der Waals surface area contributed by atoms with E-state index in [0.29, 0.717) is 6.04 Å². The Balaban J connectivity index is 1.53. The minimum Gasteiger partial charge on any atom is -0.472 e. The third-order valence-corrected chi connectivity index (χ3v) is 4.07. The van der Waals surface area contributed by atoms with Gasteiger partial charge in [-0.15, -0.1) is 0 Å². The van der Waals surface area contributed by atoms with Crippen LogP contribution in [-0.2, 0) is 16.0 Å². The summed E-state index contributed by atoms with van der Waals surface area (Å²) in [5.74, 6) is 0. The van der Waals surface area contributed by atoms with Gasteiger partial charge in [-0.05, 0) is 31.7 Å². The fraction of sp³-hybridized carbons (Fsp3) is 0.714. The Morgan fingerprint density at radius 2 is 2.17 bits per heavy atom. The molecule has 0 aromatic carbocycles. The van der Waals surface area contributed by atoms with Crippen molar-refractivity contribution in [1.29, 1.82) is 0 Å². The van der Waals surface area contributed by atoms with Gasteiger partial charge in [-0.3, -0.25) is 0 Å². The zero-order chi connectivity index (χ0) is 12.3. The fourth-order valence-electron chi connectivity index (χ4n) is 2.95. The van der Waals surface area contributed by atoms with E-state index in [2.05, 4.69) is 5.32 Å². The number of hydrogen-bond donors (Lipinski definition) is 1. The molecule has 2 aliphatic heterocycles. The molecule has 3 heterocycles. The Kier molecular flexibility index (Phi) is 3.68. The molecular formula is C14H21NO3. The Morgan fingerprint density at radius 3 is 2.94 bits per heavy atom. The predicted octanol–water partition coefficient (Wildman–Crippen LogP) is 2.10. The molecule has 2 saturated heterocycles. The molecule has 1 aromatic heterocycles. The fourth-order valence-corrected chi connectivity index (χ4v) is 2.95. The van der Waals surface area contributed by atoms with Crippen molar-refractivity contribution in [2.24, 2.45) is 0 Å². The average Bonchev–Trinajstić information content (AvgIpc) is 2.91. The highest BCUT2D eigenvalue weighted by molar-refractivity contribution is 5.05. The summed E-state index contributed by atoms with van der Waals surface area (Å²) in [7, 11) is 0. The molecule has 2 fully saturated rings. The number of rotatable bonds is 3. The molecule has 0 saturated carbocycles. The van der Waals surface area contributed by atoms with Crippen LogP contribution in [0.4, 0.5) is 0 Å². The summed E-state index contributed by atoms with van der Waals surface area (Å²) >= 11 is 0. The average molecular weight is 251 g/mol. The van der Waals surface area contributed by atoms with E-state index in [0.717, 1.165) is 52.0 Å². The summed E-state index contributed by atoms with van der Waals surface area (Å²) in [5.41, 5.74) is 1.28. The second kappa shape index (κ2) is 5.43. The van der Waals surface area contributed by atoms with Crippen LogP contribution in [0.2, 0.25) is 0 Å². The first-order valence-electron chi connectivity index (χ1n) is 6.83. The number of furan rings is 1. The monoisotopic (exact) mass is 251 g/mol. The third-order valence-electron chi connectivity index (χ3n) is 4.07. The molecular weight excluding hydrogens is 230 g/mol. The zero-order valence-electron chi connectivity index (χ0n) is 10.7. The molecule has 1 N–H and O–H groups in total. The first-order chi connectivity index (χ1) is 8.86. The van der Waals surface area contributed by atoms with Crippen LogP contribution < -0.4 is 5.32 Å². The van der Waals surface area contributed by atoms with Gasteiger partial charge in [0.15, 0.2) is 0 Å². The Morgan fingerprint density at radius 1 is 1.28 bits per heavy atom. The van der Waals surface area contributed by atoms with Gasteiger partial charge in [0.1, 0.15) is 0 Å². The van der Waals surface area contributed by atoms with Gasteiger partial charge >= 0.3 is 0 Å². The molecule has 0 aliphatic carbocycles. The van der Waals surface area contributed by atoms with Crippen molar-refractivity contribution in [3.8, 4) is 0 Å². The maximum absolute atomic E-state index is 6.04. The van der Waals surface area contributed by atoms with Crippen molar-refractivity contribution in [1.82, 2.24) is 5.32 Å². The maximum Gasteiger partial charge on any atom is 0.0947 e. The first-order valence-corrected chi connectivity index (χ1v) is 6.83. The van der Waals surface area contributed by atoms with Crippen molar-refractivity contribution in [3.05, 3.63) is 24.2 Å². The lowest BCUT2D eigenvalue weighted by atomic mass is 9.84. The van der Waals surface area contributed by atoms with E-state index in [4.69, 9.17) is 13.9 Å². The Hall–Kier alpha value is -0.840. The van der Waals surface area contributed by atoms with E-state index in [1.54, 1.807) is 12.5 Å². The lowest BCUT2D eigenvalue weighted by molar-refractivity contribution is -0.140. The summed E-state index contributed by atoms with van der Waals surface area (Å²) in [6, 6.07) is 2.56. The topological polar surface area (TPSA) is 43.6 Å². The van der Waals surface area contributed by atoms with Gasteiger partial charge in [0.2, 0.25) is 0 Å². The summed E-state index contributed by atoms with van der Waals surface area (Å²) in [5, 5.41) is 3.61. The van der Waals surface area contributed by atoms with Crippen LogP contribution in [0.15, 0.2) is 23.0 Å². The maximum atomic E-state index is 6.04. The molecule has 100 valence electrons. The summed E-state index contributed by atoms with van der Waals surface area (Å²) in [6.45, 7) is 3.43. The molecule has 1 spiro atoms. The largest absolute Gasteiger partial charge is 0.472 e. The SMILES string of the molecule is c1cc(CNC2CCOC3(CCOCC3)C2)co1. The van der Waals surface area contributed by atoms with Gasteiger partial charge in [-0.25, -0.2) is 0 Å². The van der Waals surface area contributed by atoms with Crippen LogP contribution >= 0.6 is 0 Å². The molecule has 1 atom stereocenters. The van der Waals surface area contributed by atoms with E-state index in [-0.39, 0.29) is 5.60 Å². The molecule has 1 aromatic rings. The van der Waals surface area contributed by atoms with E-state index in [1.807, 2.05) is 6.07 Å². The van der Waals surface area contributed by atoms with Gasteiger partial charge in [0, 0.05) is 38.0 Å². The molecule has 0 radical (unpaired) electrons. The normalized spacial score (nSPS) is 27.4. The van der Waals surface area contributed by atoms with Crippen LogP contribution in [0.3, 0.4) is 0 Å². The van der Waals surface area contributed by atoms with Gasteiger partial charge < -0.3 is 19.2 Å². The Labute approximate surface area is 108 Å². The van der Waals surface area contributed by atoms with E-state index >= 15 is 0 Å². The molecule has 0 amide bonds. The Bertz CT molecular complexity index is 352. The van der Waals surface area contributed by atoms with E-state index in [1.165, 1.54) is 5.56 Å². The second-order valence-corrected chi connectivity index (χ2v) is 5.35. The molecule has 1 unspecified atom stereocenters. The minimum atomic E-state index is 0.0740. The van der Waals surface area contributed by atoms with Crippen molar-refractivity contribution in [2.75, 3.05) is 19.8 Å². The first kappa shape index (κ1) is 12.2. The second-order valence-electron chi connectivity index (χ2n) is 5.35. The number of hydrogen-bond acceptors (Lipinski definition) is 4. The van der Waals surface area contributed by atoms with Crippen molar-refractivity contribution in [3.63, 3.8) is 0 Å². The zero-order valence-corrected chi connectivity index (χ0v) is 10.7. The smallest absolute Gasteiger partial charge is 0.0947 e. The van der Waals surface area contributed by atoms with Crippen LogP contribution in [0.5, 0.6) is 0 Å².